The zero-order chi connectivity index (χ0) is 41.0. The fourth-order valence-corrected chi connectivity index (χ4v) is 10.7. The van der Waals surface area contributed by atoms with Crippen LogP contribution in [0.4, 0.5) is 17.1 Å². The highest BCUT2D eigenvalue weighted by Gasteiger charge is 2.24. The third kappa shape index (κ3) is 6.09. The van der Waals surface area contributed by atoms with Crippen LogP contribution >= 0.6 is 0 Å². The van der Waals surface area contributed by atoms with Gasteiger partial charge in [-0.15, -0.1) is 0 Å². The highest BCUT2D eigenvalue weighted by Crippen LogP contribution is 2.47. The van der Waals surface area contributed by atoms with Crippen LogP contribution in [0.5, 0.6) is 0 Å². The zero-order valence-electron chi connectivity index (χ0n) is 34.7. The Labute approximate surface area is 362 Å². The lowest BCUT2D eigenvalue weighted by Crippen LogP contribution is -2.11. The SMILES string of the molecule is c1ccc(-n2c3ccccc3c3cc(N(c4ccc(-c5cccc6c5ccc5ccccc56)cc4)c4ccccc4-c4cccc5cccc(C6CCCCC6)c45)ccc32)cc1. The largest absolute Gasteiger partial charge is 0.310 e. The highest BCUT2D eigenvalue weighted by atomic mass is 15.1. The van der Waals surface area contributed by atoms with E-state index in [2.05, 4.69) is 222 Å². The molecule has 296 valence electrons. The minimum atomic E-state index is 0.584. The first-order valence-electron chi connectivity index (χ1n) is 22.3. The quantitative estimate of drug-likeness (QED) is 0.146. The molecular formula is C60H46N2. The van der Waals surface area contributed by atoms with E-state index in [0.29, 0.717) is 5.92 Å². The molecule has 0 spiro atoms. The molecule has 1 saturated carbocycles. The van der Waals surface area contributed by atoms with Crippen LogP contribution in [0.1, 0.15) is 43.6 Å². The molecule has 12 rings (SSSR count). The second-order valence-electron chi connectivity index (χ2n) is 17.1. The summed E-state index contributed by atoms with van der Waals surface area (Å²) in [7, 11) is 0. The number of rotatable bonds is 7. The minimum Gasteiger partial charge on any atom is -0.310 e. The minimum absolute atomic E-state index is 0.584. The lowest BCUT2D eigenvalue weighted by molar-refractivity contribution is 0.445. The van der Waals surface area contributed by atoms with Crippen LogP contribution in [0.15, 0.2) is 212 Å². The molecule has 0 N–H and O–H groups in total. The van der Waals surface area contributed by atoms with Crippen molar-refractivity contribution in [1.29, 1.82) is 0 Å². The lowest BCUT2D eigenvalue weighted by Gasteiger charge is -2.29. The van der Waals surface area contributed by atoms with E-state index >= 15 is 0 Å². The van der Waals surface area contributed by atoms with E-state index in [0.717, 1.165) is 22.7 Å². The number of para-hydroxylation sites is 3. The molecule has 62 heavy (non-hydrogen) atoms. The number of hydrogen-bond acceptors (Lipinski definition) is 1. The van der Waals surface area contributed by atoms with Crippen LogP contribution in [-0.2, 0) is 0 Å². The van der Waals surface area contributed by atoms with Gasteiger partial charge < -0.3 is 9.47 Å². The molecule has 0 radical (unpaired) electrons. The Kier molecular flexibility index (Phi) is 8.96. The normalized spacial score (nSPS) is 13.4. The Morgan fingerprint density at radius 1 is 0.387 bits per heavy atom. The van der Waals surface area contributed by atoms with Crippen molar-refractivity contribution in [2.24, 2.45) is 0 Å². The van der Waals surface area contributed by atoms with E-state index in [9.17, 15) is 0 Å². The first-order chi connectivity index (χ1) is 30.8. The van der Waals surface area contributed by atoms with Crippen LogP contribution in [0, 0.1) is 0 Å². The molecule has 1 aliphatic carbocycles. The first kappa shape index (κ1) is 36.4. The number of nitrogens with zero attached hydrogens (tertiary/aromatic N) is 2. The van der Waals surface area contributed by atoms with E-state index in [1.165, 1.54) is 114 Å². The van der Waals surface area contributed by atoms with E-state index in [4.69, 9.17) is 0 Å². The van der Waals surface area contributed by atoms with Gasteiger partial charge in [-0.1, -0.05) is 177 Å². The van der Waals surface area contributed by atoms with Gasteiger partial charge in [0.2, 0.25) is 0 Å². The standard InChI is InChI=1S/C60H46N2/c1-3-16-41(17-4-1)50-27-13-19-44-20-14-29-55(60(44)50)53-24-9-11-30-57(53)61(47-37-39-59-56(40-47)54-25-10-12-31-58(54)62(59)45-21-5-2-6-22-45)46-35-32-43(33-36-46)49-26-15-28-51-48-23-8-7-18-42(48)34-38-52(49)51/h2,5-15,18-41H,1,3-4,16-17H2. The van der Waals surface area contributed by atoms with E-state index in [-0.39, 0.29) is 0 Å². The number of anilines is 3. The van der Waals surface area contributed by atoms with Gasteiger partial charge in [-0.3, -0.25) is 0 Å². The van der Waals surface area contributed by atoms with Crippen molar-refractivity contribution in [3.63, 3.8) is 0 Å². The molecule has 1 aromatic heterocycles. The maximum absolute atomic E-state index is 2.49. The third-order valence-electron chi connectivity index (χ3n) is 13.6. The average molecular weight is 795 g/mol. The molecule has 1 heterocycles. The summed E-state index contributed by atoms with van der Waals surface area (Å²) in [5, 5.41) is 10.3. The second-order valence-corrected chi connectivity index (χ2v) is 17.1. The van der Waals surface area contributed by atoms with Gasteiger partial charge in [0.15, 0.2) is 0 Å². The summed E-state index contributed by atoms with van der Waals surface area (Å²) < 4.78 is 2.40. The van der Waals surface area contributed by atoms with Gasteiger partial charge in [-0.2, -0.15) is 0 Å². The summed E-state index contributed by atoms with van der Waals surface area (Å²) in [6.07, 6.45) is 6.48. The monoisotopic (exact) mass is 794 g/mol. The van der Waals surface area contributed by atoms with Crippen LogP contribution in [0.25, 0.3) is 82.1 Å². The lowest BCUT2D eigenvalue weighted by atomic mass is 9.80. The molecule has 2 heteroatoms. The third-order valence-corrected chi connectivity index (χ3v) is 13.6. The molecule has 0 amide bonds. The predicted octanol–water partition coefficient (Wildman–Crippen LogP) is 17.1. The molecule has 1 fully saturated rings. The zero-order valence-corrected chi connectivity index (χ0v) is 34.7. The average Bonchev–Trinajstić information content (AvgIpc) is 3.68. The number of benzene rings is 10. The molecule has 11 aromatic rings. The molecular weight excluding hydrogens is 749 g/mol. The molecule has 10 aromatic carbocycles. The van der Waals surface area contributed by atoms with Crippen molar-refractivity contribution in [3.05, 3.63) is 218 Å². The Morgan fingerprint density at radius 3 is 1.90 bits per heavy atom. The molecule has 2 nitrogen and oxygen atoms in total. The maximum Gasteiger partial charge on any atom is 0.0542 e. The van der Waals surface area contributed by atoms with Gasteiger partial charge in [0.05, 0.1) is 16.7 Å². The molecule has 0 bridgehead atoms. The molecule has 0 saturated heterocycles. The topological polar surface area (TPSA) is 8.17 Å². The number of fused-ring (bicyclic) bond motifs is 7. The van der Waals surface area contributed by atoms with E-state index in [1.54, 1.807) is 0 Å². The highest BCUT2D eigenvalue weighted by molar-refractivity contribution is 6.13. The van der Waals surface area contributed by atoms with Gasteiger partial charge in [-0.25, -0.2) is 0 Å². The number of hydrogen-bond donors (Lipinski definition) is 0. The smallest absolute Gasteiger partial charge is 0.0542 e. The van der Waals surface area contributed by atoms with Crippen LogP contribution in [0.3, 0.4) is 0 Å². The molecule has 0 aliphatic heterocycles. The molecule has 1 aliphatic rings. The summed E-state index contributed by atoms with van der Waals surface area (Å²) in [6, 6.07) is 78.8. The van der Waals surface area contributed by atoms with Crippen molar-refractivity contribution in [2.75, 3.05) is 4.90 Å². The second kappa shape index (κ2) is 15.2. The van der Waals surface area contributed by atoms with Gasteiger partial charge in [0.1, 0.15) is 0 Å². The van der Waals surface area contributed by atoms with Crippen molar-refractivity contribution in [3.8, 4) is 27.9 Å². The summed E-state index contributed by atoms with van der Waals surface area (Å²) in [5.74, 6) is 0.584. The van der Waals surface area contributed by atoms with Crippen LogP contribution in [-0.4, -0.2) is 4.57 Å². The van der Waals surface area contributed by atoms with Gasteiger partial charge in [-0.05, 0) is 128 Å². The molecule has 0 unspecified atom stereocenters. The summed E-state index contributed by atoms with van der Waals surface area (Å²) in [6.45, 7) is 0. The van der Waals surface area contributed by atoms with Gasteiger partial charge in [0, 0.05) is 33.4 Å². The number of aromatic nitrogens is 1. The Bertz CT molecular complexity index is 3440. The Balaban J connectivity index is 1.07. The van der Waals surface area contributed by atoms with Crippen LogP contribution in [0.2, 0.25) is 0 Å². The van der Waals surface area contributed by atoms with Crippen molar-refractivity contribution < 1.29 is 0 Å². The summed E-state index contributed by atoms with van der Waals surface area (Å²) in [4.78, 5) is 2.49. The van der Waals surface area contributed by atoms with Crippen molar-refractivity contribution >= 4 is 71.2 Å². The van der Waals surface area contributed by atoms with Gasteiger partial charge >= 0.3 is 0 Å². The predicted molar refractivity (Wildman–Crippen MR) is 265 cm³/mol. The Morgan fingerprint density at radius 2 is 1.03 bits per heavy atom. The summed E-state index contributed by atoms with van der Waals surface area (Å²) >= 11 is 0. The van der Waals surface area contributed by atoms with E-state index < -0.39 is 0 Å². The first-order valence-corrected chi connectivity index (χ1v) is 22.3. The van der Waals surface area contributed by atoms with Gasteiger partial charge in [0.25, 0.3) is 0 Å². The fraction of sp³-hybridized carbons (Fsp3) is 0.100. The fourth-order valence-electron chi connectivity index (χ4n) is 10.7. The maximum atomic E-state index is 2.49. The Hall–Kier alpha value is -7.42. The van der Waals surface area contributed by atoms with E-state index in [1.807, 2.05) is 0 Å². The van der Waals surface area contributed by atoms with Crippen molar-refractivity contribution in [1.82, 2.24) is 4.57 Å². The summed E-state index contributed by atoms with van der Waals surface area (Å²) in [5.41, 5.74) is 13.4. The van der Waals surface area contributed by atoms with Crippen molar-refractivity contribution in [2.45, 2.75) is 38.0 Å². The molecule has 0 atom stereocenters. The van der Waals surface area contributed by atoms with Crippen LogP contribution < -0.4 is 4.90 Å².